The average molecular weight is 498 g/mol. The summed E-state index contributed by atoms with van der Waals surface area (Å²) >= 11 is 0. The second-order valence-corrected chi connectivity index (χ2v) is 8.66. The molecule has 186 valence electrons. The molecule has 2 heterocycles. The molecular weight excluding hydrogens is 473 g/mol. The number of hydrogen-bond donors (Lipinski definition) is 2. The number of benzene rings is 3. The first-order valence-electron chi connectivity index (χ1n) is 11.7. The highest BCUT2D eigenvalue weighted by Crippen LogP contribution is 2.29. The third kappa shape index (κ3) is 4.41. The molecule has 0 aliphatic carbocycles. The summed E-state index contributed by atoms with van der Waals surface area (Å²) in [7, 11) is 1.63. The van der Waals surface area contributed by atoms with Crippen LogP contribution in [0.25, 0.3) is 33.2 Å². The third-order valence-corrected chi connectivity index (χ3v) is 6.36. The van der Waals surface area contributed by atoms with E-state index in [0.29, 0.717) is 16.6 Å². The molecule has 1 unspecified atom stereocenters. The van der Waals surface area contributed by atoms with Gasteiger partial charge in [0.2, 0.25) is 5.91 Å². The maximum absolute atomic E-state index is 13.8. The minimum Gasteiger partial charge on any atom is -0.319 e. The number of likely N-dealkylation sites (N-methyl/N-ethyl adjacent to an activating group) is 1. The van der Waals surface area contributed by atoms with Crippen LogP contribution in [-0.4, -0.2) is 39.0 Å². The summed E-state index contributed by atoms with van der Waals surface area (Å²) in [5.74, 6) is -1.05. The third-order valence-electron chi connectivity index (χ3n) is 6.36. The Bertz CT molecular complexity index is 1650. The van der Waals surface area contributed by atoms with Crippen LogP contribution in [-0.2, 0) is 11.3 Å². The Labute approximate surface area is 211 Å². The largest absolute Gasteiger partial charge is 0.319 e. The number of fused-ring (bicyclic) bond motifs is 3. The summed E-state index contributed by atoms with van der Waals surface area (Å²) in [6.45, 7) is 1.30. The van der Waals surface area contributed by atoms with E-state index >= 15 is 0 Å². The van der Waals surface area contributed by atoms with Crippen molar-refractivity contribution < 1.29 is 14.0 Å². The molecule has 1 amide bonds. The molecule has 0 saturated carbocycles. The molecule has 5 rings (SSSR count). The molecular formula is C28H24FN5O3. The molecule has 9 heteroatoms. The highest BCUT2D eigenvalue weighted by molar-refractivity contribution is 6.13. The number of nitrogens with zero attached hydrogens (tertiary/aromatic N) is 3. The van der Waals surface area contributed by atoms with Crippen LogP contribution in [0.3, 0.4) is 0 Å². The van der Waals surface area contributed by atoms with Crippen molar-refractivity contribution in [2.75, 3.05) is 12.4 Å². The van der Waals surface area contributed by atoms with Crippen molar-refractivity contribution in [3.63, 3.8) is 0 Å². The van der Waals surface area contributed by atoms with Crippen molar-refractivity contribution in [1.29, 1.82) is 0 Å². The lowest BCUT2D eigenvalue weighted by atomic mass is 10.2. The molecule has 2 aromatic heterocycles. The van der Waals surface area contributed by atoms with Gasteiger partial charge >= 0.3 is 0 Å². The normalized spacial score (nSPS) is 12.1. The Morgan fingerprint density at radius 2 is 1.54 bits per heavy atom. The lowest BCUT2D eigenvalue weighted by Crippen LogP contribution is -2.38. The fourth-order valence-electron chi connectivity index (χ4n) is 4.32. The van der Waals surface area contributed by atoms with Crippen LogP contribution in [0.5, 0.6) is 0 Å². The topological polar surface area (TPSA) is 98.0 Å². The number of nitrogens with one attached hydrogen (secondary N) is 2. The molecule has 0 saturated heterocycles. The standard InChI is InChI=1S/C28H24FN5O3/c1-17(30-2)27(36)32-22-15-31-26(18-11-13-19(29)14-12-18)33(28(22)37)16-25(35)34-23-9-5-3-7-20(23)21-8-4-6-10-24(21)34/h3-15,17,30H,16H2,1-2H3,(H,32,36). The van der Waals surface area contributed by atoms with Crippen LogP contribution in [0.2, 0.25) is 0 Å². The summed E-state index contributed by atoms with van der Waals surface area (Å²) in [6.07, 6.45) is 1.25. The van der Waals surface area contributed by atoms with E-state index < -0.39 is 23.3 Å². The van der Waals surface area contributed by atoms with E-state index in [2.05, 4.69) is 15.6 Å². The lowest BCUT2D eigenvalue weighted by molar-refractivity contribution is -0.117. The molecule has 37 heavy (non-hydrogen) atoms. The van der Waals surface area contributed by atoms with E-state index in [9.17, 15) is 18.8 Å². The summed E-state index contributed by atoms with van der Waals surface area (Å²) in [5.41, 5.74) is 1.22. The van der Waals surface area contributed by atoms with Gasteiger partial charge in [0.1, 0.15) is 23.9 Å². The molecule has 1 atom stereocenters. The second kappa shape index (κ2) is 9.79. The zero-order valence-electron chi connectivity index (χ0n) is 20.2. The number of carbonyl (C=O) groups is 2. The van der Waals surface area contributed by atoms with Crippen LogP contribution in [0.15, 0.2) is 83.8 Å². The number of aromatic nitrogens is 3. The zero-order chi connectivity index (χ0) is 26.1. The summed E-state index contributed by atoms with van der Waals surface area (Å²) < 4.78 is 16.4. The smallest absolute Gasteiger partial charge is 0.278 e. The fraction of sp³-hybridized carbons (Fsp3) is 0.143. The highest BCUT2D eigenvalue weighted by atomic mass is 19.1. The van der Waals surface area contributed by atoms with Crippen LogP contribution < -0.4 is 16.2 Å². The van der Waals surface area contributed by atoms with Gasteiger partial charge in [-0.2, -0.15) is 0 Å². The van der Waals surface area contributed by atoms with Gasteiger partial charge in [-0.05, 0) is 50.4 Å². The predicted molar refractivity (Wildman–Crippen MR) is 141 cm³/mol. The van der Waals surface area contributed by atoms with Gasteiger partial charge in [-0.15, -0.1) is 0 Å². The number of carbonyl (C=O) groups excluding carboxylic acids is 2. The van der Waals surface area contributed by atoms with Crippen molar-refractivity contribution in [2.24, 2.45) is 0 Å². The van der Waals surface area contributed by atoms with Gasteiger partial charge in [-0.1, -0.05) is 36.4 Å². The van der Waals surface area contributed by atoms with Gasteiger partial charge in [-0.25, -0.2) is 9.37 Å². The van der Waals surface area contributed by atoms with Crippen LogP contribution >= 0.6 is 0 Å². The van der Waals surface area contributed by atoms with Gasteiger partial charge in [0, 0.05) is 16.3 Å². The fourth-order valence-corrected chi connectivity index (χ4v) is 4.32. The average Bonchev–Trinajstić information content (AvgIpc) is 3.25. The number of rotatable bonds is 6. The van der Waals surface area contributed by atoms with E-state index in [-0.39, 0.29) is 24.0 Å². The molecule has 0 aliphatic rings. The quantitative estimate of drug-likeness (QED) is 0.369. The number of anilines is 1. The summed E-state index contributed by atoms with van der Waals surface area (Å²) in [4.78, 5) is 44.2. The molecule has 2 N–H and O–H groups in total. The number of para-hydroxylation sites is 2. The van der Waals surface area contributed by atoms with Gasteiger partial charge in [-0.3, -0.25) is 23.5 Å². The van der Waals surface area contributed by atoms with E-state index in [1.807, 2.05) is 48.5 Å². The maximum Gasteiger partial charge on any atom is 0.278 e. The lowest BCUT2D eigenvalue weighted by Gasteiger charge is -2.16. The van der Waals surface area contributed by atoms with Crippen LogP contribution in [0.4, 0.5) is 10.1 Å². The van der Waals surface area contributed by atoms with Gasteiger partial charge in [0.25, 0.3) is 11.5 Å². The van der Waals surface area contributed by atoms with Crippen LogP contribution in [0, 0.1) is 5.82 Å². The van der Waals surface area contributed by atoms with Gasteiger partial charge in [0.05, 0.1) is 23.3 Å². The van der Waals surface area contributed by atoms with Gasteiger partial charge in [0.15, 0.2) is 0 Å². The Kier molecular flexibility index (Phi) is 6.37. The Morgan fingerprint density at radius 1 is 0.946 bits per heavy atom. The zero-order valence-corrected chi connectivity index (χ0v) is 20.2. The highest BCUT2D eigenvalue weighted by Gasteiger charge is 2.21. The van der Waals surface area contributed by atoms with Gasteiger partial charge < -0.3 is 10.6 Å². The Balaban J connectivity index is 1.64. The number of amides is 1. The molecule has 0 radical (unpaired) electrons. The molecule has 3 aromatic carbocycles. The van der Waals surface area contributed by atoms with E-state index in [4.69, 9.17) is 0 Å². The van der Waals surface area contributed by atoms with Crippen molar-refractivity contribution in [3.05, 3.63) is 95.2 Å². The van der Waals surface area contributed by atoms with Crippen LogP contribution in [0.1, 0.15) is 11.7 Å². The molecule has 0 bridgehead atoms. The monoisotopic (exact) mass is 497 g/mol. The predicted octanol–water partition coefficient (Wildman–Crippen LogP) is 4.04. The molecule has 0 spiro atoms. The number of halogens is 1. The first-order valence-corrected chi connectivity index (χ1v) is 11.7. The second-order valence-electron chi connectivity index (χ2n) is 8.66. The summed E-state index contributed by atoms with van der Waals surface area (Å²) in [5, 5.41) is 7.22. The van der Waals surface area contributed by atoms with E-state index in [1.54, 1.807) is 18.5 Å². The molecule has 0 fully saturated rings. The van der Waals surface area contributed by atoms with Crippen molar-refractivity contribution in [3.8, 4) is 11.4 Å². The maximum atomic E-state index is 13.8. The Morgan fingerprint density at radius 3 is 2.14 bits per heavy atom. The first-order chi connectivity index (χ1) is 17.9. The van der Waals surface area contributed by atoms with E-state index in [0.717, 1.165) is 10.8 Å². The molecule has 5 aromatic rings. The van der Waals surface area contributed by atoms with Crippen molar-refractivity contribution >= 4 is 39.3 Å². The SMILES string of the molecule is CNC(C)C(=O)Nc1cnc(-c2ccc(F)cc2)n(CC(=O)n2c3ccccc3c3ccccc32)c1=O. The molecule has 8 nitrogen and oxygen atoms in total. The Hall–Kier alpha value is -4.63. The first kappa shape index (κ1) is 24.1. The number of hydrogen-bond acceptors (Lipinski definition) is 5. The summed E-state index contributed by atoms with van der Waals surface area (Å²) in [6, 6.07) is 20.0. The van der Waals surface area contributed by atoms with Crippen molar-refractivity contribution in [1.82, 2.24) is 19.4 Å². The minimum absolute atomic E-state index is 0.0621. The van der Waals surface area contributed by atoms with E-state index in [1.165, 1.54) is 35.0 Å². The molecule has 0 aliphatic heterocycles. The van der Waals surface area contributed by atoms with Crippen molar-refractivity contribution in [2.45, 2.75) is 19.5 Å². The minimum atomic E-state index is -0.597.